The van der Waals surface area contributed by atoms with Crippen molar-refractivity contribution >= 4 is 11.9 Å². The molecule has 5 heteroatoms. The first-order valence-electron chi connectivity index (χ1n) is 19.0. The van der Waals surface area contributed by atoms with Gasteiger partial charge in [0.1, 0.15) is 0 Å². The summed E-state index contributed by atoms with van der Waals surface area (Å²) < 4.78 is 6.19. The fourth-order valence-corrected chi connectivity index (χ4v) is 13.5. The summed E-state index contributed by atoms with van der Waals surface area (Å²) in [5.41, 5.74) is 2.18. The average Bonchev–Trinajstić information content (AvgIpc) is 3.39. The summed E-state index contributed by atoms with van der Waals surface area (Å²) in [7, 11) is 0. The van der Waals surface area contributed by atoms with Gasteiger partial charge in [0, 0.05) is 31.3 Å². The van der Waals surface area contributed by atoms with Gasteiger partial charge in [-0.1, -0.05) is 46.8 Å². The van der Waals surface area contributed by atoms with Crippen molar-refractivity contribution < 1.29 is 19.4 Å². The van der Waals surface area contributed by atoms with E-state index in [-0.39, 0.29) is 45.1 Å². The minimum absolute atomic E-state index is 0.0188. The minimum Gasteiger partial charge on any atom is -0.465 e. The average molecular weight is 624 g/mol. The van der Waals surface area contributed by atoms with Crippen molar-refractivity contribution in [3.8, 4) is 0 Å². The van der Waals surface area contributed by atoms with E-state index in [1.54, 1.807) is 0 Å². The maximum absolute atomic E-state index is 13.1. The zero-order valence-electron chi connectivity index (χ0n) is 29.7. The first-order valence-corrected chi connectivity index (χ1v) is 19.0. The summed E-state index contributed by atoms with van der Waals surface area (Å²) >= 11 is 0. The number of piperidine rings is 1. The highest BCUT2D eigenvalue weighted by molar-refractivity contribution is 5.77. The van der Waals surface area contributed by atoms with E-state index in [0.29, 0.717) is 55.5 Å². The van der Waals surface area contributed by atoms with Crippen LogP contribution in [0.4, 0.5) is 0 Å². The van der Waals surface area contributed by atoms with Crippen molar-refractivity contribution in [2.45, 2.75) is 150 Å². The van der Waals surface area contributed by atoms with Crippen LogP contribution in [0.3, 0.4) is 0 Å². The number of esters is 1. The third-order valence-electron chi connectivity index (χ3n) is 16.2. The van der Waals surface area contributed by atoms with Crippen molar-refractivity contribution in [1.82, 2.24) is 4.90 Å². The fraction of sp³-hybridized carbons (Fsp3) is 0.900. The molecule has 1 aliphatic heterocycles. The molecule has 1 heterocycles. The Labute approximate surface area is 274 Å². The molecule has 6 rings (SSSR count). The molecule has 0 aromatic heterocycles. The molecule has 10 atom stereocenters. The standard InChI is InChI=1S/C40H65NO4/c1-27(2)28-16-21-40(26-45-34(44)13-11-12-33(43)41-24-9-8-10-25-41)23-22-38(6)29(35(28)40)14-15-31-37(5)19-18-32(42)36(3,4)30(37)17-20-39(31,38)7/h28-32,35,42H,1,8-26H2,2-7H3/t28-,29+,30-,31+,32-,35+,37-,38+,39+,40+/m0/s1. The van der Waals surface area contributed by atoms with E-state index in [4.69, 9.17) is 4.74 Å². The molecule has 5 nitrogen and oxygen atoms in total. The first-order chi connectivity index (χ1) is 21.2. The predicted molar refractivity (Wildman–Crippen MR) is 180 cm³/mol. The number of amides is 1. The van der Waals surface area contributed by atoms with E-state index >= 15 is 0 Å². The van der Waals surface area contributed by atoms with Gasteiger partial charge in [0.25, 0.3) is 0 Å². The molecule has 45 heavy (non-hydrogen) atoms. The van der Waals surface area contributed by atoms with Crippen LogP contribution >= 0.6 is 0 Å². The number of hydrogen-bond acceptors (Lipinski definition) is 4. The van der Waals surface area contributed by atoms with E-state index in [1.807, 2.05) is 4.90 Å². The summed E-state index contributed by atoms with van der Waals surface area (Å²) in [5, 5.41) is 11.1. The second-order valence-electron chi connectivity index (χ2n) is 18.4. The van der Waals surface area contributed by atoms with E-state index in [9.17, 15) is 14.7 Å². The molecule has 6 fully saturated rings. The summed E-state index contributed by atoms with van der Waals surface area (Å²) in [6.07, 6.45) is 16.4. The Morgan fingerprint density at radius 2 is 1.56 bits per heavy atom. The van der Waals surface area contributed by atoms with E-state index in [2.05, 4.69) is 48.1 Å². The largest absolute Gasteiger partial charge is 0.465 e. The number of rotatable bonds is 7. The van der Waals surface area contributed by atoms with Crippen LogP contribution in [0.25, 0.3) is 0 Å². The molecular formula is C40H65NO4. The Kier molecular flexibility index (Phi) is 8.91. The lowest BCUT2D eigenvalue weighted by molar-refractivity contribution is -0.250. The minimum atomic E-state index is -0.185. The Morgan fingerprint density at radius 3 is 2.27 bits per heavy atom. The Hall–Kier alpha value is -1.36. The molecule has 1 amide bonds. The van der Waals surface area contributed by atoms with Crippen LogP contribution in [0.2, 0.25) is 0 Å². The molecule has 1 saturated heterocycles. The normalized spacial score (nSPS) is 45.4. The molecular weight excluding hydrogens is 558 g/mol. The number of hydrogen-bond donors (Lipinski definition) is 1. The third kappa shape index (κ3) is 5.27. The van der Waals surface area contributed by atoms with Crippen LogP contribution < -0.4 is 0 Å². The van der Waals surface area contributed by atoms with Crippen LogP contribution in [-0.4, -0.2) is 47.7 Å². The van der Waals surface area contributed by atoms with Crippen LogP contribution in [0.15, 0.2) is 12.2 Å². The molecule has 5 saturated carbocycles. The molecule has 0 unspecified atom stereocenters. The van der Waals surface area contributed by atoms with Crippen LogP contribution in [0.1, 0.15) is 144 Å². The zero-order valence-corrected chi connectivity index (χ0v) is 29.7. The number of aliphatic hydroxyl groups is 1. The topological polar surface area (TPSA) is 66.8 Å². The maximum Gasteiger partial charge on any atom is 0.305 e. The highest BCUT2D eigenvalue weighted by Gasteiger charge is 2.71. The van der Waals surface area contributed by atoms with Gasteiger partial charge in [0.05, 0.1) is 12.7 Å². The zero-order chi connectivity index (χ0) is 32.4. The van der Waals surface area contributed by atoms with Gasteiger partial charge in [-0.15, -0.1) is 0 Å². The highest BCUT2D eigenvalue weighted by atomic mass is 16.5. The van der Waals surface area contributed by atoms with E-state index in [0.717, 1.165) is 51.6 Å². The number of likely N-dealkylation sites (tertiary alicyclic amines) is 1. The van der Waals surface area contributed by atoms with Crippen molar-refractivity contribution in [3.05, 3.63) is 12.2 Å². The number of nitrogens with zero attached hydrogens (tertiary/aromatic N) is 1. The van der Waals surface area contributed by atoms with Crippen molar-refractivity contribution in [2.24, 2.45) is 56.7 Å². The highest BCUT2D eigenvalue weighted by Crippen LogP contribution is 2.77. The van der Waals surface area contributed by atoms with Crippen LogP contribution in [-0.2, 0) is 14.3 Å². The van der Waals surface area contributed by atoms with Gasteiger partial charge in [0.2, 0.25) is 5.91 Å². The lowest BCUT2D eigenvalue weighted by Crippen LogP contribution is -2.66. The number of carbonyl (C=O) groups is 2. The summed E-state index contributed by atoms with van der Waals surface area (Å²) in [4.78, 5) is 27.7. The van der Waals surface area contributed by atoms with Crippen molar-refractivity contribution in [2.75, 3.05) is 19.7 Å². The summed E-state index contributed by atoms with van der Waals surface area (Å²) in [6.45, 7) is 21.7. The molecule has 254 valence electrons. The predicted octanol–water partition coefficient (Wildman–Crippen LogP) is 8.73. The lowest BCUT2D eigenvalue weighted by Gasteiger charge is -2.73. The smallest absolute Gasteiger partial charge is 0.305 e. The molecule has 0 aromatic rings. The van der Waals surface area contributed by atoms with E-state index < -0.39 is 0 Å². The molecule has 6 aliphatic rings. The van der Waals surface area contributed by atoms with Gasteiger partial charge in [-0.3, -0.25) is 9.59 Å². The molecule has 0 spiro atoms. The monoisotopic (exact) mass is 623 g/mol. The van der Waals surface area contributed by atoms with Crippen molar-refractivity contribution in [3.63, 3.8) is 0 Å². The number of aliphatic hydroxyl groups excluding tert-OH is 1. The Balaban J connectivity index is 1.17. The molecule has 0 aromatic carbocycles. The molecule has 1 N–H and O–H groups in total. The SMILES string of the molecule is C=C(C)[C@@H]1CC[C@]2(COC(=O)CCCC(=O)N3CCCCC3)CC[C@]3(C)[C@H](CC[C@@H]4[C@@]5(C)CC[C@H](O)C(C)(C)[C@@H]5CC[C@]43C)[C@@H]12. The van der Waals surface area contributed by atoms with Gasteiger partial charge < -0.3 is 14.7 Å². The second kappa shape index (κ2) is 12.0. The van der Waals surface area contributed by atoms with Crippen LogP contribution in [0, 0.1) is 56.7 Å². The van der Waals surface area contributed by atoms with Gasteiger partial charge >= 0.3 is 5.97 Å². The Bertz CT molecular complexity index is 1160. The van der Waals surface area contributed by atoms with Gasteiger partial charge in [-0.05, 0) is 148 Å². The van der Waals surface area contributed by atoms with Gasteiger partial charge in [-0.25, -0.2) is 0 Å². The first kappa shape index (κ1) is 33.5. The number of allylic oxidation sites excluding steroid dienone is 1. The molecule has 0 radical (unpaired) electrons. The van der Waals surface area contributed by atoms with E-state index in [1.165, 1.54) is 50.5 Å². The molecule has 0 bridgehead atoms. The number of fused-ring (bicyclic) bond motifs is 7. The lowest BCUT2D eigenvalue weighted by atomic mass is 9.32. The fourth-order valence-electron chi connectivity index (χ4n) is 13.5. The van der Waals surface area contributed by atoms with Crippen molar-refractivity contribution in [1.29, 1.82) is 0 Å². The van der Waals surface area contributed by atoms with Gasteiger partial charge in [-0.2, -0.15) is 0 Å². The number of ether oxygens (including phenoxy) is 1. The van der Waals surface area contributed by atoms with Gasteiger partial charge in [0.15, 0.2) is 0 Å². The summed E-state index contributed by atoms with van der Waals surface area (Å²) in [6, 6.07) is 0. The third-order valence-corrected chi connectivity index (χ3v) is 16.2. The number of carbonyl (C=O) groups excluding carboxylic acids is 2. The van der Waals surface area contributed by atoms with Crippen LogP contribution in [0.5, 0.6) is 0 Å². The molecule has 5 aliphatic carbocycles. The second-order valence-corrected chi connectivity index (χ2v) is 18.4. The summed E-state index contributed by atoms with van der Waals surface area (Å²) in [5.74, 6) is 3.01. The maximum atomic E-state index is 13.1. The quantitative estimate of drug-likeness (QED) is 0.228. The Morgan fingerprint density at radius 1 is 0.822 bits per heavy atom.